The van der Waals surface area contributed by atoms with Crippen LogP contribution >= 0.6 is 23.1 Å². The highest BCUT2D eigenvalue weighted by Gasteiger charge is 2.09. The number of amides is 1. The first-order valence-corrected chi connectivity index (χ1v) is 10.1. The second-order valence-corrected chi connectivity index (χ2v) is 7.91. The van der Waals surface area contributed by atoms with Gasteiger partial charge in [0.15, 0.2) is 4.34 Å². The van der Waals surface area contributed by atoms with Crippen LogP contribution in [0.5, 0.6) is 5.75 Å². The van der Waals surface area contributed by atoms with Crippen LogP contribution in [-0.4, -0.2) is 23.8 Å². The van der Waals surface area contributed by atoms with Crippen LogP contribution in [-0.2, 0) is 4.79 Å². The number of aromatic nitrogens is 1. The van der Waals surface area contributed by atoms with Gasteiger partial charge in [0.25, 0.3) is 0 Å². The van der Waals surface area contributed by atoms with Crippen molar-refractivity contribution in [3.8, 4) is 17.0 Å². The lowest BCUT2D eigenvalue weighted by atomic mass is 10.1. The molecule has 0 bridgehead atoms. The van der Waals surface area contributed by atoms with E-state index in [9.17, 15) is 4.79 Å². The summed E-state index contributed by atoms with van der Waals surface area (Å²) in [6.07, 6.45) is 0.419. The molecule has 3 rings (SSSR count). The third-order valence-electron chi connectivity index (χ3n) is 3.77. The molecule has 0 unspecified atom stereocenters. The predicted octanol–water partition coefficient (Wildman–Crippen LogP) is 5.25. The first-order chi connectivity index (χ1) is 12.7. The number of ether oxygens (including phenoxy) is 1. The molecule has 0 saturated carbocycles. The van der Waals surface area contributed by atoms with E-state index in [2.05, 4.69) is 46.9 Å². The average Bonchev–Trinajstić information content (AvgIpc) is 3.11. The van der Waals surface area contributed by atoms with Crippen molar-refractivity contribution < 1.29 is 9.53 Å². The fourth-order valence-electron chi connectivity index (χ4n) is 2.37. The largest absolute Gasteiger partial charge is 0.495 e. The number of rotatable bonds is 7. The third kappa shape index (κ3) is 4.86. The van der Waals surface area contributed by atoms with Crippen molar-refractivity contribution in [3.05, 3.63) is 59.5 Å². The number of carbonyl (C=O) groups is 1. The number of thioether (sulfide) groups is 1. The molecule has 26 heavy (non-hydrogen) atoms. The fourth-order valence-corrected chi connectivity index (χ4v) is 4.22. The summed E-state index contributed by atoms with van der Waals surface area (Å²) in [6, 6.07) is 15.7. The molecule has 0 atom stereocenters. The van der Waals surface area contributed by atoms with E-state index in [0.717, 1.165) is 15.6 Å². The molecule has 1 heterocycles. The summed E-state index contributed by atoms with van der Waals surface area (Å²) in [5, 5.41) is 4.95. The topological polar surface area (TPSA) is 51.2 Å². The average molecular weight is 385 g/mol. The molecule has 0 saturated heterocycles. The van der Waals surface area contributed by atoms with Crippen molar-refractivity contribution in [2.24, 2.45) is 0 Å². The number of para-hydroxylation sites is 2. The molecule has 2 aromatic carbocycles. The van der Waals surface area contributed by atoms with Gasteiger partial charge in [-0.25, -0.2) is 4.98 Å². The Labute approximate surface area is 161 Å². The number of aryl methyl sites for hydroxylation is 1. The molecular formula is C20H20N2O2S2. The number of carbonyl (C=O) groups excluding carboxylic acids is 1. The zero-order valence-corrected chi connectivity index (χ0v) is 16.3. The highest BCUT2D eigenvalue weighted by Crippen LogP contribution is 2.29. The van der Waals surface area contributed by atoms with E-state index in [4.69, 9.17) is 4.74 Å². The highest BCUT2D eigenvalue weighted by atomic mass is 32.2. The van der Waals surface area contributed by atoms with Gasteiger partial charge in [-0.2, -0.15) is 0 Å². The van der Waals surface area contributed by atoms with Crippen molar-refractivity contribution in [1.29, 1.82) is 0 Å². The van der Waals surface area contributed by atoms with Crippen LogP contribution in [0.2, 0.25) is 0 Å². The van der Waals surface area contributed by atoms with Crippen LogP contribution in [0, 0.1) is 6.92 Å². The smallest absolute Gasteiger partial charge is 0.225 e. The summed E-state index contributed by atoms with van der Waals surface area (Å²) < 4.78 is 6.22. The van der Waals surface area contributed by atoms with Crippen molar-refractivity contribution in [3.63, 3.8) is 0 Å². The Morgan fingerprint density at radius 3 is 2.73 bits per heavy atom. The molecule has 0 fully saturated rings. The molecule has 1 N–H and O–H groups in total. The maximum absolute atomic E-state index is 12.1. The molecular weight excluding hydrogens is 364 g/mol. The van der Waals surface area contributed by atoms with E-state index < -0.39 is 0 Å². The normalized spacial score (nSPS) is 10.5. The molecule has 1 amide bonds. The Morgan fingerprint density at radius 1 is 1.19 bits per heavy atom. The Morgan fingerprint density at radius 2 is 1.96 bits per heavy atom. The van der Waals surface area contributed by atoms with Crippen molar-refractivity contribution >= 4 is 34.7 Å². The van der Waals surface area contributed by atoms with E-state index in [1.54, 1.807) is 30.2 Å². The molecule has 1 aromatic heterocycles. The number of methoxy groups -OCH3 is 1. The van der Waals surface area contributed by atoms with Gasteiger partial charge in [0.1, 0.15) is 5.75 Å². The summed E-state index contributed by atoms with van der Waals surface area (Å²) in [5.41, 5.74) is 4.03. The number of thiazole rings is 1. The third-order valence-corrected chi connectivity index (χ3v) is 5.79. The molecule has 134 valence electrons. The van der Waals surface area contributed by atoms with Crippen LogP contribution in [0.25, 0.3) is 11.3 Å². The van der Waals surface area contributed by atoms with Crippen LogP contribution < -0.4 is 10.1 Å². The second kappa shape index (κ2) is 8.87. The number of hydrogen-bond donors (Lipinski definition) is 1. The number of nitrogens with zero attached hydrogens (tertiary/aromatic N) is 1. The van der Waals surface area contributed by atoms with Gasteiger partial charge < -0.3 is 10.1 Å². The van der Waals surface area contributed by atoms with Crippen LogP contribution in [0.1, 0.15) is 12.0 Å². The lowest BCUT2D eigenvalue weighted by Gasteiger charge is -2.09. The standard InChI is InChI=1S/C20H20N2O2S2/c1-14-7-9-15(10-8-14)17-13-26-20(22-17)25-12-11-19(23)21-16-5-3-4-6-18(16)24-2/h3-10,13H,11-12H2,1-2H3,(H,21,23). The van der Waals surface area contributed by atoms with Gasteiger partial charge in [-0.05, 0) is 19.1 Å². The highest BCUT2D eigenvalue weighted by molar-refractivity contribution is 8.01. The van der Waals surface area contributed by atoms with E-state index in [1.807, 2.05) is 24.3 Å². The predicted molar refractivity (Wildman–Crippen MR) is 109 cm³/mol. The van der Waals surface area contributed by atoms with Crippen LogP contribution in [0.15, 0.2) is 58.3 Å². The van der Waals surface area contributed by atoms with Gasteiger partial charge in [-0.15, -0.1) is 11.3 Å². The molecule has 3 aromatic rings. The molecule has 0 spiro atoms. The summed E-state index contributed by atoms with van der Waals surface area (Å²) in [6.45, 7) is 2.07. The fraction of sp³-hybridized carbons (Fsp3) is 0.200. The van der Waals surface area contributed by atoms with Gasteiger partial charge in [0.2, 0.25) is 5.91 Å². The summed E-state index contributed by atoms with van der Waals surface area (Å²) in [5.74, 6) is 1.32. The van der Waals surface area contributed by atoms with Gasteiger partial charge in [-0.3, -0.25) is 4.79 Å². The number of nitrogens with one attached hydrogen (secondary N) is 1. The molecule has 0 aliphatic rings. The molecule has 4 nitrogen and oxygen atoms in total. The number of anilines is 1. The van der Waals surface area contributed by atoms with E-state index in [1.165, 1.54) is 5.56 Å². The van der Waals surface area contributed by atoms with E-state index in [-0.39, 0.29) is 5.91 Å². The summed E-state index contributed by atoms with van der Waals surface area (Å²) in [7, 11) is 1.59. The van der Waals surface area contributed by atoms with E-state index >= 15 is 0 Å². The van der Waals surface area contributed by atoms with Crippen LogP contribution in [0.3, 0.4) is 0 Å². The zero-order chi connectivity index (χ0) is 18.4. The first-order valence-electron chi connectivity index (χ1n) is 8.24. The van der Waals surface area contributed by atoms with E-state index in [0.29, 0.717) is 23.6 Å². The minimum atomic E-state index is -0.0303. The first kappa shape index (κ1) is 18.5. The molecule has 0 aliphatic heterocycles. The quantitative estimate of drug-likeness (QED) is 0.565. The monoisotopic (exact) mass is 384 g/mol. The Kier molecular flexibility index (Phi) is 6.30. The molecule has 6 heteroatoms. The molecule has 0 radical (unpaired) electrons. The van der Waals surface area contributed by atoms with Crippen LogP contribution in [0.4, 0.5) is 5.69 Å². The zero-order valence-electron chi connectivity index (χ0n) is 14.7. The summed E-state index contributed by atoms with van der Waals surface area (Å²) >= 11 is 3.21. The van der Waals surface area contributed by atoms with Gasteiger partial charge in [-0.1, -0.05) is 53.7 Å². The Balaban J connectivity index is 1.50. The van der Waals surface area contributed by atoms with Crippen molar-refractivity contribution in [1.82, 2.24) is 4.98 Å². The van der Waals surface area contributed by atoms with Crippen molar-refractivity contribution in [2.45, 2.75) is 17.7 Å². The Bertz CT molecular complexity index is 876. The van der Waals surface area contributed by atoms with Gasteiger partial charge >= 0.3 is 0 Å². The lowest BCUT2D eigenvalue weighted by molar-refractivity contribution is -0.115. The minimum absolute atomic E-state index is 0.0303. The maximum atomic E-state index is 12.1. The van der Waals surface area contributed by atoms with Gasteiger partial charge in [0, 0.05) is 23.1 Å². The number of hydrogen-bond acceptors (Lipinski definition) is 5. The van der Waals surface area contributed by atoms with Crippen molar-refractivity contribution in [2.75, 3.05) is 18.2 Å². The second-order valence-electron chi connectivity index (χ2n) is 5.71. The summed E-state index contributed by atoms with van der Waals surface area (Å²) in [4.78, 5) is 16.8. The maximum Gasteiger partial charge on any atom is 0.225 e. The molecule has 0 aliphatic carbocycles. The Hall–Kier alpha value is -2.31. The van der Waals surface area contributed by atoms with Gasteiger partial charge in [0.05, 0.1) is 18.5 Å². The minimum Gasteiger partial charge on any atom is -0.495 e. The SMILES string of the molecule is COc1ccccc1NC(=O)CCSc1nc(-c2ccc(C)cc2)cs1. The number of benzene rings is 2. The lowest BCUT2D eigenvalue weighted by Crippen LogP contribution is -2.12.